The second-order valence-electron chi connectivity index (χ2n) is 5.78. The van der Waals surface area contributed by atoms with E-state index in [-0.39, 0.29) is 17.6 Å². The topological polar surface area (TPSA) is 71.1 Å². The summed E-state index contributed by atoms with van der Waals surface area (Å²) < 4.78 is 13.0. The molecule has 0 unspecified atom stereocenters. The van der Waals surface area contributed by atoms with E-state index in [1.807, 2.05) is 6.92 Å². The highest BCUT2D eigenvalue weighted by atomic mass is 32.1. The van der Waals surface area contributed by atoms with Gasteiger partial charge in [-0.3, -0.25) is 9.59 Å². The molecule has 0 aliphatic heterocycles. The van der Waals surface area contributed by atoms with Crippen LogP contribution < -0.4 is 10.6 Å². The van der Waals surface area contributed by atoms with Crippen molar-refractivity contribution < 1.29 is 14.0 Å². The number of hydrogen-bond acceptors (Lipinski definition) is 4. The van der Waals surface area contributed by atoms with E-state index in [4.69, 9.17) is 0 Å². The van der Waals surface area contributed by atoms with Gasteiger partial charge in [-0.05, 0) is 48.9 Å². The molecule has 138 valence electrons. The third-order valence-electron chi connectivity index (χ3n) is 3.83. The molecule has 0 fully saturated rings. The zero-order valence-electron chi connectivity index (χ0n) is 14.7. The van der Waals surface area contributed by atoms with E-state index >= 15 is 0 Å². The molecule has 3 rings (SSSR count). The van der Waals surface area contributed by atoms with Crippen LogP contribution in [0, 0.1) is 5.82 Å². The molecule has 2 N–H and O–H groups in total. The number of hydrogen-bond donors (Lipinski definition) is 2. The first-order valence-corrected chi connectivity index (χ1v) is 9.31. The highest BCUT2D eigenvalue weighted by Crippen LogP contribution is 2.23. The van der Waals surface area contributed by atoms with Crippen molar-refractivity contribution in [2.75, 3.05) is 6.54 Å². The van der Waals surface area contributed by atoms with Gasteiger partial charge in [0.25, 0.3) is 11.8 Å². The number of aromatic nitrogens is 1. The molecule has 1 aromatic heterocycles. The number of carbonyl (C=O) groups is 2. The number of carbonyl (C=O) groups excluding carboxylic acids is 2. The van der Waals surface area contributed by atoms with E-state index < -0.39 is 0 Å². The van der Waals surface area contributed by atoms with Crippen LogP contribution >= 0.6 is 11.3 Å². The number of amides is 2. The van der Waals surface area contributed by atoms with Gasteiger partial charge in [0.1, 0.15) is 16.5 Å². The molecule has 0 spiro atoms. The minimum absolute atomic E-state index is 0.121. The molecular formula is C20H18FN3O2S. The van der Waals surface area contributed by atoms with Crippen LogP contribution in [0.4, 0.5) is 4.39 Å². The molecule has 2 amide bonds. The fraction of sp³-hybridized carbons (Fsp3) is 0.150. The summed E-state index contributed by atoms with van der Waals surface area (Å²) in [6, 6.07) is 13.0. The van der Waals surface area contributed by atoms with E-state index in [1.54, 1.807) is 41.8 Å². The number of nitrogens with zero attached hydrogens (tertiary/aromatic N) is 1. The fourth-order valence-electron chi connectivity index (χ4n) is 2.41. The van der Waals surface area contributed by atoms with Gasteiger partial charge in [-0.1, -0.05) is 12.1 Å². The van der Waals surface area contributed by atoms with Crippen molar-refractivity contribution in [1.82, 2.24) is 15.6 Å². The lowest BCUT2D eigenvalue weighted by Crippen LogP contribution is -2.24. The summed E-state index contributed by atoms with van der Waals surface area (Å²) in [4.78, 5) is 28.3. The zero-order chi connectivity index (χ0) is 19.2. The van der Waals surface area contributed by atoms with Gasteiger partial charge in [-0.15, -0.1) is 11.3 Å². The smallest absolute Gasteiger partial charge is 0.271 e. The molecule has 0 saturated heterocycles. The number of benzene rings is 2. The Morgan fingerprint density at radius 2 is 1.70 bits per heavy atom. The number of rotatable bonds is 6. The van der Waals surface area contributed by atoms with Crippen molar-refractivity contribution in [3.8, 4) is 10.6 Å². The predicted molar refractivity (Wildman–Crippen MR) is 103 cm³/mol. The Labute approximate surface area is 160 Å². The molecule has 0 aliphatic carbocycles. The van der Waals surface area contributed by atoms with E-state index in [1.165, 1.54) is 23.5 Å². The van der Waals surface area contributed by atoms with Crippen LogP contribution in [0.5, 0.6) is 0 Å². The molecule has 0 bridgehead atoms. The molecule has 5 nitrogen and oxygen atoms in total. The minimum Gasteiger partial charge on any atom is -0.352 e. The summed E-state index contributed by atoms with van der Waals surface area (Å²) >= 11 is 1.33. The number of thiazole rings is 1. The molecule has 3 aromatic rings. The SMILES string of the molecule is CCNC(=O)c1ccc(CNC(=O)c2csc(-c3ccc(F)cc3)n2)cc1. The van der Waals surface area contributed by atoms with E-state index in [2.05, 4.69) is 15.6 Å². The van der Waals surface area contributed by atoms with Crippen LogP contribution in [0.3, 0.4) is 0 Å². The summed E-state index contributed by atoms with van der Waals surface area (Å²) in [6.07, 6.45) is 0. The first kappa shape index (κ1) is 18.7. The van der Waals surface area contributed by atoms with Crippen molar-refractivity contribution in [2.24, 2.45) is 0 Å². The van der Waals surface area contributed by atoms with Crippen LogP contribution in [0.25, 0.3) is 10.6 Å². The number of halogens is 1. The quantitative estimate of drug-likeness (QED) is 0.683. The van der Waals surface area contributed by atoms with E-state index in [9.17, 15) is 14.0 Å². The van der Waals surface area contributed by atoms with Crippen molar-refractivity contribution in [3.05, 3.63) is 76.5 Å². The largest absolute Gasteiger partial charge is 0.352 e. The average molecular weight is 383 g/mol. The second kappa shape index (κ2) is 8.55. The standard InChI is InChI=1S/C20H18FN3O2S/c1-2-22-18(25)14-5-3-13(4-6-14)11-23-19(26)17-12-27-20(24-17)15-7-9-16(21)10-8-15/h3-10,12H,2,11H2,1H3,(H,22,25)(H,23,26). The van der Waals surface area contributed by atoms with Crippen LogP contribution in [0.1, 0.15) is 33.3 Å². The van der Waals surface area contributed by atoms with Crippen molar-refractivity contribution in [3.63, 3.8) is 0 Å². The summed E-state index contributed by atoms with van der Waals surface area (Å²) in [5.74, 6) is -0.720. The zero-order valence-corrected chi connectivity index (χ0v) is 15.5. The lowest BCUT2D eigenvalue weighted by molar-refractivity contribution is 0.0941. The lowest BCUT2D eigenvalue weighted by Gasteiger charge is -2.06. The molecule has 27 heavy (non-hydrogen) atoms. The summed E-state index contributed by atoms with van der Waals surface area (Å²) in [6.45, 7) is 2.77. The molecular weight excluding hydrogens is 365 g/mol. The van der Waals surface area contributed by atoms with E-state index in [0.717, 1.165) is 11.1 Å². The van der Waals surface area contributed by atoms with Crippen molar-refractivity contribution >= 4 is 23.2 Å². The normalized spacial score (nSPS) is 10.4. The predicted octanol–water partition coefficient (Wildman–Crippen LogP) is 3.63. The highest BCUT2D eigenvalue weighted by molar-refractivity contribution is 7.13. The third kappa shape index (κ3) is 4.77. The van der Waals surface area contributed by atoms with Gasteiger partial charge in [0.15, 0.2) is 0 Å². The van der Waals surface area contributed by atoms with Gasteiger partial charge in [0.2, 0.25) is 0 Å². The van der Waals surface area contributed by atoms with Crippen LogP contribution in [0.2, 0.25) is 0 Å². The molecule has 0 radical (unpaired) electrons. The maximum absolute atomic E-state index is 13.0. The van der Waals surface area contributed by atoms with Gasteiger partial charge in [-0.2, -0.15) is 0 Å². The Morgan fingerprint density at radius 1 is 1.00 bits per heavy atom. The third-order valence-corrected chi connectivity index (χ3v) is 4.73. The monoisotopic (exact) mass is 383 g/mol. The van der Waals surface area contributed by atoms with Gasteiger partial charge >= 0.3 is 0 Å². The first-order valence-electron chi connectivity index (χ1n) is 8.43. The summed E-state index contributed by atoms with van der Waals surface area (Å²) in [5, 5.41) is 7.87. The van der Waals surface area contributed by atoms with E-state index in [0.29, 0.717) is 29.4 Å². The minimum atomic E-state index is -0.313. The van der Waals surface area contributed by atoms with Crippen LogP contribution in [-0.2, 0) is 6.54 Å². The summed E-state index contributed by atoms with van der Waals surface area (Å²) in [5.41, 5.74) is 2.54. The van der Waals surface area contributed by atoms with Crippen LogP contribution in [0.15, 0.2) is 53.9 Å². The van der Waals surface area contributed by atoms with Crippen LogP contribution in [-0.4, -0.2) is 23.3 Å². The summed E-state index contributed by atoms with van der Waals surface area (Å²) in [7, 11) is 0. The Hall–Kier alpha value is -3.06. The molecule has 2 aromatic carbocycles. The fourth-order valence-corrected chi connectivity index (χ4v) is 3.22. The maximum Gasteiger partial charge on any atom is 0.271 e. The maximum atomic E-state index is 13.0. The van der Waals surface area contributed by atoms with Crippen molar-refractivity contribution in [1.29, 1.82) is 0 Å². The average Bonchev–Trinajstić information content (AvgIpc) is 3.17. The van der Waals surface area contributed by atoms with Gasteiger partial charge in [0.05, 0.1) is 0 Å². The second-order valence-corrected chi connectivity index (χ2v) is 6.64. The molecule has 0 saturated carbocycles. The molecule has 0 aliphatic rings. The Kier molecular flexibility index (Phi) is 5.93. The van der Waals surface area contributed by atoms with Gasteiger partial charge in [0, 0.05) is 29.6 Å². The molecule has 0 atom stereocenters. The highest BCUT2D eigenvalue weighted by Gasteiger charge is 2.12. The Bertz CT molecular complexity index is 937. The first-order chi connectivity index (χ1) is 13.1. The number of nitrogens with one attached hydrogen (secondary N) is 2. The Morgan fingerprint density at radius 3 is 2.37 bits per heavy atom. The van der Waals surface area contributed by atoms with Gasteiger partial charge in [-0.25, -0.2) is 9.37 Å². The van der Waals surface area contributed by atoms with Gasteiger partial charge < -0.3 is 10.6 Å². The molecule has 7 heteroatoms. The lowest BCUT2D eigenvalue weighted by atomic mass is 10.1. The Balaban J connectivity index is 1.59. The van der Waals surface area contributed by atoms with Crippen molar-refractivity contribution in [2.45, 2.75) is 13.5 Å². The molecule has 1 heterocycles.